The monoisotopic (exact) mass is 390 g/mol. The molecule has 0 aliphatic carbocycles. The molecule has 2 amide bonds. The van der Waals surface area contributed by atoms with E-state index in [4.69, 9.17) is 0 Å². The predicted octanol–water partition coefficient (Wildman–Crippen LogP) is 3.12. The average molecular weight is 390 g/mol. The maximum absolute atomic E-state index is 13.1. The van der Waals surface area contributed by atoms with Gasteiger partial charge in [0.15, 0.2) is 4.87 Å². The molecule has 1 saturated heterocycles. The quantitative estimate of drug-likeness (QED) is 0.743. The Kier molecular flexibility index (Phi) is 3.98. The van der Waals surface area contributed by atoms with Crippen molar-refractivity contribution in [2.24, 2.45) is 0 Å². The Bertz CT molecular complexity index is 1050. The number of nitrogens with zero attached hydrogens (tertiary/aromatic N) is 3. The van der Waals surface area contributed by atoms with E-state index in [0.717, 1.165) is 21.8 Å². The number of aromatic nitrogens is 2. The lowest BCUT2D eigenvalue weighted by atomic mass is 10.1. The van der Waals surface area contributed by atoms with Gasteiger partial charge in [0.25, 0.3) is 5.91 Å². The Hall–Kier alpha value is -3.06. The minimum Gasteiger partial charge on any atom is -0.349 e. The van der Waals surface area contributed by atoms with E-state index >= 15 is 0 Å². The van der Waals surface area contributed by atoms with Crippen LogP contribution >= 0.6 is 11.8 Å². The largest absolute Gasteiger partial charge is 0.349 e. The Labute approximate surface area is 166 Å². The van der Waals surface area contributed by atoms with Crippen LogP contribution in [0.4, 0.5) is 5.69 Å². The standard InChI is InChI=1S/C21H18N4O2S/c26-19-10-11-21(25(19)17-4-1-2-5-18(17)28-21)20(27)22-14-15-6-8-16(9-7-15)24-13-3-12-23-24/h1-9,12-13H,10-11,14H2,(H,22,27). The van der Waals surface area contributed by atoms with Crippen LogP contribution in [0.15, 0.2) is 71.9 Å². The summed E-state index contributed by atoms with van der Waals surface area (Å²) in [5, 5.41) is 7.25. The molecule has 1 N–H and O–H groups in total. The van der Waals surface area contributed by atoms with Crippen molar-refractivity contribution >= 4 is 29.3 Å². The molecule has 7 heteroatoms. The van der Waals surface area contributed by atoms with Crippen LogP contribution in [0.5, 0.6) is 0 Å². The molecule has 0 spiro atoms. The van der Waals surface area contributed by atoms with Crippen LogP contribution in [0.3, 0.4) is 0 Å². The molecule has 3 heterocycles. The van der Waals surface area contributed by atoms with Crippen molar-refractivity contribution in [3.8, 4) is 5.69 Å². The number of hydrogen-bond acceptors (Lipinski definition) is 4. The first-order valence-corrected chi connectivity index (χ1v) is 9.97. The van der Waals surface area contributed by atoms with Gasteiger partial charge in [-0.05, 0) is 42.3 Å². The van der Waals surface area contributed by atoms with Crippen LogP contribution in [-0.2, 0) is 16.1 Å². The number of carbonyl (C=O) groups excluding carboxylic acids is 2. The van der Waals surface area contributed by atoms with Crippen molar-refractivity contribution in [2.45, 2.75) is 29.2 Å². The molecule has 2 aliphatic rings. The van der Waals surface area contributed by atoms with Crippen LogP contribution in [0.1, 0.15) is 18.4 Å². The van der Waals surface area contributed by atoms with Gasteiger partial charge in [-0.25, -0.2) is 4.68 Å². The summed E-state index contributed by atoms with van der Waals surface area (Å²) in [5.41, 5.74) is 2.80. The molecular weight excluding hydrogens is 372 g/mol. The Morgan fingerprint density at radius 3 is 2.75 bits per heavy atom. The summed E-state index contributed by atoms with van der Waals surface area (Å²) in [7, 11) is 0. The van der Waals surface area contributed by atoms with Crippen molar-refractivity contribution in [3.05, 3.63) is 72.6 Å². The summed E-state index contributed by atoms with van der Waals surface area (Å²) >= 11 is 1.48. The third kappa shape index (κ3) is 2.62. The van der Waals surface area contributed by atoms with E-state index in [1.54, 1.807) is 15.8 Å². The van der Waals surface area contributed by atoms with Crippen molar-refractivity contribution < 1.29 is 9.59 Å². The minimum absolute atomic E-state index is 0.0103. The number of nitrogens with one attached hydrogen (secondary N) is 1. The van der Waals surface area contributed by atoms with E-state index in [0.29, 0.717) is 19.4 Å². The van der Waals surface area contributed by atoms with E-state index in [1.807, 2.05) is 60.8 Å². The fraction of sp³-hybridized carbons (Fsp3) is 0.190. The third-order valence-corrected chi connectivity index (χ3v) is 6.66. The number of hydrogen-bond donors (Lipinski definition) is 1. The number of carbonyl (C=O) groups is 2. The first kappa shape index (κ1) is 17.1. The second kappa shape index (κ2) is 6.53. The molecule has 2 aliphatic heterocycles. The summed E-state index contributed by atoms with van der Waals surface area (Å²) in [6.07, 6.45) is 4.54. The van der Waals surface area contributed by atoms with Crippen molar-refractivity contribution in [1.29, 1.82) is 0 Å². The van der Waals surface area contributed by atoms with Crippen LogP contribution < -0.4 is 10.2 Å². The molecule has 3 aromatic rings. The zero-order chi connectivity index (χ0) is 19.1. The first-order valence-electron chi connectivity index (χ1n) is 9.16. The van der Waals surface area contributed by atoms with Gasteiger partial charge in [-0.15, -0.1) is 0 Å². The molecule has 28 heavy (non-hydrogen) atoms. The van der Waals surface area contributed by atoms with Crippen LogP contribution in [0.25, 0.3) is 5.69 Å². The summed E-state index contributed by atoms with van der Waals surface area (Å²) < 4.78 is 1.79. The lowest BCUT2D eigenvalue weighted by Crippen LogP contribution is -2.52. The molecule has 0 bridgehead atoms. The van der Waals surface area contributed by atoms with Crippen molar-refractivity contribution in [1.82, 2.24) is 15.1 Å². The Balaban J connectivity index is 1.33. The van der Waals surface area contributed by atoms with Crippen LogP contribution in [0, 0.1) is 0 Å². The highest BCUT2D eigenvalue weighted by molar-refractivity contribution is 8.02. The fourth-order valence-electron chi connectivity index (χ4n) is 3.81. The predicted molar refractivity (Wildman–Crippen MR) is 107 cm³/mol. The van der Waals surface area contributed by atoms with Crippen LogP contribution in [0.2, 0.25) is 0 Å². The number of para-hydroxylation sites is 1. The molecule has 1 fully saturated rings. The SMILES string of the molecule is O=C1CCC2(C(=O)NCc3ccc(-n4cccn4)cc3)Sc3ccccc3N12. The zero-order valence-corrected chi connectivity index (χ0v) is 15.9. The lowest BCUT2D eigenvalue weighted by molar-refractivity contribution is -0.124. The van der Waals surface area contributed by atoms with Gasteiger partial charge in [-0.2, -0.15) is 5.10 Å². The van der Waals surface area contributed by atoms with E-state index in [2.05, 4.69) is 10.4 Å². The maximum Gasteiger partial charge on any atom is 0.257 e. The van der Waals surface area contributed by atoms with Gasteiger partial charge in [0, 0.05) is 30.3 Å². The van der Waals surface area contributed by atoms with Gasteiger partial charge in [0.05, 0.1) is 11.4 Å². The van der Waals surface area contributed by atoms with Crippen molar-refractivity contribution in [2.75, 3.05) is 4.90 Å². The molecule has 6 nitrogen and oxygen atoms in total. The second-order valence-electron chi connectivity index (χ2n) is 6.88. The second-order valence-corrected chi connectivity index (χ2v) is 8.20. The number of rotatable bonds is 4. The van der Waals surface area contributed by atoms with Gasteiger partial charge in [0.1, 0.15) is 0 Å². The van der Waals surface area contributed by atoms with Gasteiger partial charge in [0.2, 0.25) is 5.91 Å². The number of benzene rings is 2. The van der Waals surface area contributed by atoms with Gasteiger partial charge in [-0.1, -0.05) is 36.0 Å². The highest BCUT2D eigenvalue weighted by atomic mass is 32.2. The molecule has 1 unspecified atom stereocenters. The number of anilines is 1. The molecule has 1 atom stereocenters. The van der Waals surface area contributed by atoms with E-state index < -0.39 is 4.87 Å². The van der Waals surface area contributed by atoms with Gasteiger partial charge >= 0.3 is 0 Å². The number of fused-ring (bicyclic) bond motifs is 3. The van der Waals surface area contributed by atoms with E-state index in [-0.39, 0.29) is 11.8 Å². The Morgan fingerprint density at radius 2 is 1.96 bits per heavy atom. The Morgan fingerprint density at radius 1 is 1.14 bits per heavy atom. The normalized spacial score (nSPS) is 20.1. The molecular formula is C21H18N4O2S. The maximum atomic E-state index is 13.1. The topological polar surface area (TPSA) is 67.2 Å². The van der Waals surface area contributed by atoms with Crippen molar-refractivity contribution in [3.63, 3.8) is 0 Å². The smallest absolute Gasteiger partial charge is 0.257 e. The fourth-order valence-corrected chi connectivity index (χ4v) is 5.24. The minimum atomic E-state index is -0.865. The lowest BCUT2D eigenvalue weighted by Gasteiger charge is -2.29. The molecule has 5 rings (SSSR count). The highest BCUT2D eigenvalue weighted by Crippen LogP contribution is 2.55. The van der Waals surface area contributed by atoms with Crippen LogP contribution in [-0.4, -0.2) is 26.5 Å². The van der Waals surface area contributed by atoms with E-state index in [1.165, 1.54) is 11.8 Å². The summed E-state index contributed by atoms with van der Waals surface area (Å²) in [6.45, 7) is 0.416. The third-order valence-electron chi connectivity index (χ3n) is 5.19. The van der Waals surface area contributed by atoms with E-state index in [9.17, 15) is 9.59 Å². The first-order chi connectivity index (χ1) is 13.7. The van der Waals surface area contributed by atoms with Gasteiger partial charge < -0.3 is 5.32 Å². The molecule has 1 aromatic heterocycles. The molecule has 140 valence electrons. The summed E-state index contributed by atoms with van der Waals surface area (Å²) in [4.78, 5) is 27.4. The average Bonchev–Trinajstić information content (AvgIpc) is 3.43. The van der Waals surface area contributed by atoms with Gasteiger partial charge in [-0.3, -0.25) is 14.5 Å². The molecule has 0 radical (unpaired) electrons. The molecule has 0 saturated carbocycles. The summed E-state index contributed by atoms with van der Waals surface area (Å²) in [5.74, 6) is -0.105. The zero-order valence-electron chi connectivity index (χ0n) is 15.0. The molecule has 2 aromatic carbocycles. The highest BCUT2D eigenvalue weighted by Gasteiger charge is 2.57. The number of thioether (sulfide) groups is 1. The summed E-state index contributed by atoms with van der Waals surface area (Å²) in [6, 6.07) is 17.5. The number of amides is 2.